The fourth-order valence-electron chi connectivity index (χ4n) is 2.16. The first-order chi connectivity index (χ1) is 12.7. The largest absolute Gasteiger partial charge is 0.469 e. The van der Waals surface area contributed by atoms with Crippen LogP contribution in [0.15, 0.2) is 48.6 Å². The Morgan fingerprint density at radius 2 is 1.73 bits per heavy atom. The molecule has 2 N–H and O–H groups in total. The number of aliphatic hydroxyl groups excluding tert-OH is 1. The smallest absolute Gasteiger partial charge is 0.305 e. The van der Waals surface area contributed by atoms with Gasteiger partial charge in [-0.25, -0.2) is 4.89 Å². The Kier molecular flexibility index (Phi) is 18.4. The SMILES string of the molecule is COC(=O)CCC/C=C\CC(/C=C/C=C\C/C=C\CCCCCO)OO. The van der Waals surface area contributed by atoms with Crippen LogP contribution in [0.1, 0.15) is 57.8 Å². The fraction of sp³-hybridized carbons (Fsp3) is 0.571. The molecule has 0 aliphatic rings. The van der Waals surface area contributed by atoms with E-state index in [9.17, 15) is 4.79 Å². The van der Waals surface area contributed by atoms with Gasteiger partial charge in [0, 0.05) is 13.0 Å². The van der Waals surface area contributed by atoms with Gasteiger partial charge in [0.15, 0.2) is 0 Å². The molecule has 0 aliphatic heterocycles. The third-order valence-electron chi connectivity index (χ3n) is 3.69. The molecule has 0 bridgehead atoms. The van der Waals surface area contributed by atoms with Crippen LogP contribution in [0.2, 0.25) is 0 Å². The van der Waals surface area contributed by atoms with E-state index >= 15 is 0 Å². The van der Waals surface area contributed by atoms with Gasteiger partial charge >= 0.3 is 5.97 Å². The summed E-state index contributed by atoms with van der Waals surface area (Å²) in [7, 11) is 1.39. The molecule has 0 radical (unpaired) electrons. The van der Waals surface area contributed by atoms with Crippen LogP contribution in [-0.4, -0.2) is 36.2 Å². The highest BCUT2D eigenvalue weighted by atomic mass is 17.1. The van der Waals surface area contributed by atoms with E-state index in [-0.39, 0.29) is 18.7 Å². The summed E-state index contributed by atoms with van der Waals surface area (Å²) in [4.78, 5) is 15.4. The second-order valence-corrected chi connectivity index (χ2v) is 5.91. The summed E-state index contributed by atoms with van der Waals surface area (Å²) in [5, 5.41) is 17.6. The van der Waals surface area contributed by atoms with Gasteiger partial charge < -0.3 is 9.84 Å². The molecule has 0 aromatic heterocycles. The lowest BCUT2D eigenvalue weighted by molar-refractivity contribution is -0.264. The Balaban J connectivity index is 3.80. The maximum Gasteiger partial charge on any atom is 0.305 e. The minimum Gasteiger partial charge on any atom is -0.469 e. The monoisotopic (exact) mass is 366 g/mol. The topological polar surface area (TPSA) is 76.0 Å². The molecule has 0 aromatic carbocycles. The molecular formula is C21H34O5. The molecule has 0 spiro atoms. The first kappa shape index (κ1) is 24.3. The normalized spacial score (nSPS) is 13.5. The number of allylic oxidation sites excluding steroid dienone is 6. The predicted molar refractivity (Wildman–Crippen MR) is 105 cm³/mol. The van der Waals surface area contributed by atoms with Gasteiger partial charge in [-0.2, -0.15) is 0 Å². The summed E-state index contributed by atoms with van der Waals surface area (Å²) in [6.07, 6.45) is 23.0. The van der Waals surface area contributed by atoms with Gasteiger partial charge in [-0.3, -0.25) is 10.1 Å². The van der Waals surface area contributed by atoms with Crippen LogP contribution >= 0.6 is 0 Å². The number of hydrogen-bond acceptors (Lipinski definition) is 5. The Bertz CT molecular complexity index is 438. The van der Waals surface area contributed by atoms with E-state index in [2.05, 4.69) is 21.8 Å². The summed E-state index contributed by atoms with van der Waals surface area (Å²) in [5.74, 6) is -0.193. The van der Waals surface area contributed by atoms with Gasteiger partial charge in [-0.15, -0.1) is 0 Å². The molecule has 148 valence electrons. The van der Waals surface area contributed by atoms with E-state index in [1.54, 1.807) is 6.08 Å². The first-order valence-electron chi connectivity index (χ1n) is 9.35. The molecule has 0 rings (SSSR count). The van der Waals surface area contributed by atoms with Crippen molar-refractivity contribution in [1.82, 2.24) is 0 Å². The lowest BCUT2D eigenvalue weighted by Gasteiger charge is -2.04. The van der Waals surface area contributed by atoms with Crippen LogP contribution < -0.4 is 0 Å². The second kappa shape index (κ2) is 19.6. The van der Waals surface area contributed by atoms with E-state index in [0.29, 0.717) is 12.8 Å². The van der Waals surface area contributed by atoms with E-state index in [0.717, 1.165) is 44.9 Å². The molecule has 1 unspecified atom stereocenters. The molecule has 0 fully saturated rings. The fourth-order valence-corrected chi connectivity index (χ4v) is 2.16. The number of esters is 1. The summed E-state index contributed by atoms with van der Waals surface area (Å²) in [6, 6.07) is 0. The third kappa shape index (κ3) is 17.1. The highest BCUT2D eigenvalue weighted by molar-refractivity contribution is 5.69. The zero-order valence-electron chi connectivity index (χ0n) is 15.9. The maximum atomic E-state index is 11.0. The zero-order chi connectivity index (χ0) is 19.3. The number of methoxy groups -OCH3 is 1. The van der Waals surface area contributed by atoms with Crippen LogP contribution in [-0.2, 0) is 14.4 Å². The molecule has 0 saturated heterocycles. The standard InChI is InChI=1S/C21H34O5/c1-25-21(23)18-14-10-9-13-17-20(26-24)16-12-8-6-4-2-3-5-7-11-15-19-22/h2-3,6,8-9,12-13,16,20,22,24H,4-5,7,10-11,14-15,17-19H2,1H3/b3-2-,8-6-,13-9-,16-12+. The molecule has 5 heteroatoms. The van der Waals surface area contributed by atoms with E-state index in [1.165, 1.54) is 7.11 Å². The minimum absolute atomic E-state index is 0.193. The molecule has 0 saturated carbocycles. The zero-order valence-corrected chi connectivity index (χ0v) is 15.9. The van der Waals surface area contributed by atoms with Crippen molar-refractivity contribution in [2.45, 2.75) is 63.9 Å². The van der Waals surface area contributed by atoms with Crippen LogP contribution in [0, 0.1) is 0 Å². The Morgan fingerprint density at radius 3 is 2.46 bits per heavy atom. The number of unbranched alkanes of at least 4 members (excludes halogenated alkanes) is 4. The van der Waals surface area contributed by atoms with E-state index in [4.69, 9.17) is 10.4 Å². The van der Waals surface area contributed by atoms with Crippen molar-refractivity contribution in [3.8, 4) is 0 Å². The van der Waals surface area contributed by atoms with Crippen LogP contribution in [0.4, 0.5) is 0 Å². The predicted octanol–water partition coefficient (Wildman–Crippen LogP) is 4.75. The van der Waals surface area contributed by atoms with Gasteiger partial charge in [-0.05, 0) is 44.9 Å². The van der Waals surface area contributed by atoms with Crippen LogP contribution in [0.25, 0.3) is 0 Å². The molecule has 5 nitrogen and oxygen atoms in total. The highest BCUT2D eigenvalue weighted by Gasteiger charge is 2.00. The van der Waals surface area contributed by atoms with Gasteiger partial charge in [0.1, 0.15) is 6.10 Å². The minimum atomic E-state index is -0.376. The van der Waals surface area contributed by atoms with E-state index < -0.39 is 0 Å². The molecule has 1 atom stereocenters. The lowest BCUT2D eigenvalue weighted by atomic mass is 10.1. The molecule has 0 aromatic rings. The summed E-state index contributed by atoms with van der Waals surface area (Å²) in [5.41, 5.74) is 0. The van der Waals surface area contributed by atoms with Crippen molar-refractivity contribution in [3.05, 3.63) is 48.6 Å². The Morgan fingerprint density at radius 1 is 0.962 bits per heavy atom. The maximum absolute atomic E-state index is 11.0. The number of carbonyl (C=O) groups is 1. The van der Waals surface area contributed by atoms with Gasteiger partial charge in [-0.1, -0.05) is 55.0 Å². The first-order valence-corrected chi connectivity index (χ1v) is 9.35. The number of ether oxygens (including phenoxy) is 1. The number of rotatable bonds is 16. The van der Waals surface area contributed by atoms with Crippen molar-refractivity contribution in [2.75, 3.05) is 13.7 Å². The van der Waals surface area contributed by atoms with Crippen molar-refractivity contribution in [1.29, 1.82) is 0 Å². The number of aliphatic hydroxyl groups is 1. The highest BCUT2D eigenvalue weighted by Crippen LogP contribution is 2.04. The van der Waals surface area contributed by atoms with Gasteiger partial charge in [0.2, 0.25) is 0 Å². The average molecular weight is 366 g/mol. The van der Waals surface area contributed by atoms with Gasteiger partial charge in [0.05, 0.1) is 7.11 Å². The molecule has 0 aliphatic carbocycles. The van der Waals surface area contributed by atoms with Crippen molar-refractivity contribution >= 4 is 5.97 Å². The molecular weight excluding hydrogens is 332 g/mol. The van der Waals surface area contributed by atoms with Crippen molar-refractivity contribution in [2.24, 2.45) is 0 Å². The number of carbonyl (C=O) groups excluding carboxylic acids is 1. The third-order valence-corrected chi connectivity index (χ3v) is 3.69. The Labute approximate surface area is 157 Å². The summed E-state index contributed by atoms with van der Waals surface area (Å²) < 4.78 is 4.57. The average Bonchev–Trinajstić information content (AvgIpc) is 2.66. The van der Waals surface area contributed by atoms with Gasteiger partial charge in [0.25, 0.3) is 0 Å². The van der Waals surface area contributed by atoms with Crippen LogP contribution in [0.5, 0.6) is 0 Å². The quantitative estimate of drug-likeness (QED) is 0.103. The second-order valence-electron chi connectivity index (χ2n) is 5.91. The van der Waals surface area contributed by atoms with E-state index in [1.807, 2.05) is 30.4 Å². The van der Waals surface area contributed by atoms with Crippen LogP contribution in [0.3, 0.4) is 0 Å². The molecule has 0 amide bonds. The lowest BCUT2D eigenvalue weighted by Crippen LogP contribution is -2.05. The van der Waals surface area contributed by atoms with Crippen molar-refractivity contribution < 1.29 is 24.8 Å². The van der Waals surface area contributed by atoms with Crippen molar-refractivity contribution in [3.63, 3.8) is 0 Å². The molecule has 26 heavy (non-hydrogen) atoms. The summed E-state index contributed by atoms with van der Waals surface area (Å²) in [6.45, 7) is 0.280. The summed E-state index contributed by atoms with van der Waals surface area (Å²) >= 11 is 0. The molecule has 0 heterocycles. The number of hydrogen-bond donors (Lipinski definition) is 2. The Hall–Kier alpha value is -1.69.